The quantitative estimate of drug-likeness (QED) is 0.758. The summed E-state index contributed by atoms with van der Waals surface area (Å²) in [6.45, 7) is 6.58. The molecule has 0 bridgehead atoms. The molecule has 0 radical (unpaired) electrons. The fraction of sp³-hybridized carbons (Fsp3) is 0.688. The van der Waals surface area contributed by atoms with Gasteiger partial charge < -0.3 is 20.1 Å². The minimum absolute atomic E-state index is 0.396. The van der Waals surface area contributed by atoms with Crippen LogP contribution in [0.5, 0.6) is 5.88 Å². The molecule has 1 aliphatic carbocycles. The lowest BCUT2D eigenvalue weighted by Crippen LogP contribution is -2.36. The molecule has 1 aromatic rings. The zero-order valence-electron chi connectivity index (χ0n) is 13.3. The largest absolute Gasteiger partial charge is 0.476 e. The van der Waals surface area contributed by atoms with Crippen molar-refractivity contribution < 1.29 is 9.47 Å². The molecule has 21 heavy (non-hydrogen) atoms. The van der Waals surface area contributed by atoms with Crippen molar-refractivity contribution in [2.24, 2.45) is 5.92 Å². The van der Waals surface area contributed by atoms with Gasteiger partial charge in [0.05, 0.1) is 18.9 Å². The van der Waals surface area contributed by atoms with Crippen molar-refractivity contribution in [3.8, 4) is 5.88 Å². The predicted octanol–water partition coefficient (Wildman–Crippen LogP) is 2.70. The van der Waals surface area contributed by atoms with E-state index in [2.05, 4.69) is 23.7 Å². The van der Waals surface area contributed by atoms with Crippen LogP contribution in [0.2, 0.25) is 0 Å². The Bertz CT molecular complexity index is 449. The van der Waals surface area contributed by atoms with E-state index >= 15 is 0 Å². The van der Waals surface area contributed by atoms with Crippen LogP contribution in [0.3, 0.4) is 0 Å². The van der Waals surface area contributed by atoms with E-state index in [1.165, 1.54) is 12.8 Å². The number of ether oxygens (including phenoxy) is 2. The molecule has 2 N–H and O–H groups in total. The normalized spacial score (nSPS) is 15.8. The molecule has 1 fully saturated rings. The molecule has 2 rings (SSSR count). The summed E-state index contributed by atoms with van der Waals surface area (Å²) in [5.41, 5.74) is 6.58. The SMILES string of the molecule is CCC(C)N(CCOC)c1ccc(N)c(OCC2CC2)n1. The lowest BCUT2D eigenvalue weighted by Gasteiger charge is -2.29. The number of methoxy groups -OCH3 is 1. The lowest BCUT2D eigenvalue weighted by molar-refractivity contribution is 0.203. The molecule has 1 aromatic heterocycles. The van der Waals surface area contributed by atoms with Gasteiger partial charge in [-0.25, -0.2) is 0 Å². The van der Waals surface area contributed by atoms with E-state index in [9.17, 15) is 0 Å². The molecule has 5 heteroatoms. The number of pyridine rings is 1. The topological polar surface area (TPSA) is 60.6 Å². The van der Waals surface area contributed by atoms with Crippen molar-refractivity contribution in [1.29, 1.82) is 0 Å². The van der Waals surface area contributed by atoms with Crippen LogP contribution in [0.25, 0.3) is 0 Å². The predicted molar refractivity (Wildman–Crippen MR) is 85.8 cm³/mol. The van der Waals surface area contributed by atoms with E-state index in [0.29, 0.717) is 30.1 Å². The molecule has 1 saturated carbocycles. The molecule has 0 aromatic carbocycles. The maximum atomic E-state index is 5.97. The van der Waals surface area contributed by atoms with Crippen LogP contribution < -0.4 is 15.4 Å². The third-order valence-electron chi connectivity index (χ3n) is 3.98. The van der Waals surface area contributed by atoms with Crippen LogP contribution in [-0.2, 0) is 4.74 Å². The van der Waals surface area contributed by atoms with Gasteiger partial charge in [0.15, 0.2) is 0 Å². The van der Waals surface area contributed by atoms with Crippen molar-refractivity contribution in [3.05, 3.63) is 12.1 Å². The Morgan fingerprint density at radius 1 is 1.43 bits per heavy atom. The molecule has 1 heterocycles. The van der Waals surface area contributed by atoms with Gasteiger partial charge in [0.2, 0.25) is 5.88 Å². The maximum Gasteiger partial charge on any atom is 0.239 e. The molecular weight excluding hydrogens is 266 g/mol. The molecule has 118 valence electrons. The van der Waals surface area contributed by atoms with E-state index < -0.39 is 0 Å². The first-order valence-corrected chi connectivity index (χ1v) is 7.80. The average molecular weight is 293 g/mol. The summed E-state index contributed by atoms with van der Waals surface area (Å²) in [6, 6.07) is 4.24. The number of rotatable bonds is 9. The second-order valence-corrected chi connectivity index (χ2v) is 5.76. The molecule has 0 spiro atoms. The minimum Gasteiger partial charge on any atom is -0.476 e. The van der Waals surface area contributed by atoms with Crippen molar-refractivity contribution in [2.45, 2.75) is 39.2 Å². The van der Waals surface area contributed by atoms with Crippen LogP contribution in [-0.4, -0.2) is 37.9 Å². The first-order chi connectivity index (χ1) is 10.2. The van der Waals surface area contributed by atoms with Crippen molar-refractivity contribution in [1.82, 2.24) is 4.98 Å². The lowest BCUT2D eigenvalue weighted by atomic mass is 10.2. The van der Waals surface area contributed by atoms with Crippen LogP contribution >= 0.6 is 0 Å². The summed E-state index contributed by atoms with van der Waals surface area (Å²) >= 11 is 0. The van der Waals surface area contributed by atoms with Crippen LogP contribution in [0.4, 0.5) is 11.5 Å². The number of aromatic nitrogens is 1. The van der Waals surface area contributed by atoms with Gasteiger partial charge >= 0.3 is 0 Å². The summed E-state index contributed by atoms with van der Waals surface area (Å²) in [6.07, 6.45) is 3.56. The number of hydrogen-bond acceptors (Lipinski definition) is 5. The Labute approximate surface area is 127 Å². The highest BCUT2D eigenvalue weighted by molar-refractivity contribution is 5.55. The summed E-state index contributed by atoms with van der Waals surface area (Å²) in [5, 5.41) is 0. The third kappa shape index (κ3) is 4.49. The molecular formula is C16H27N3O2. The van der Waals surface area contributed by atoms with Gasteiger partial charge in [0.1, 0.15) is 5.82 Å². The summed E-state index contributed by atoms with van der Waals surface area (Å²) < 4.78 is 11.0. The standard InChI is InChI=1S/C16H27N3O2/c1-4-12(2)19(9-10-20-3)15-8-7-14(17)16(18-15)21-11-13-5-6-13/h7-8,12-13H,4-6,9-11,17H2,1-3H3. The Hall–Kier alpha value is -1.49. The van der Waals surface area contributed by atoms with Crippen molar-refractivity contribution in [3.63, 3.8) is 0 Å². The van der Waals surface area contributed by atoms with Crippen LogP contribution in [0.1, 0.15) is 33.1 Å². The van der Waals surface area contributed by atoms with Gasteiger partial charge in [0, 0.05) is 19.7 Å². The molecule has 5 nitrogen and oxygen atoms in total. The Kier molecular flexibility index (Phi) is 5.67. The Morgan fingerprint density at radius 2 is 2.19 bits per heavy atom. The number of nitrogen functional groups attached to an aromatic ring is 1. The molecule has 0 aliphatic heterocycles. The zero-order valence-corrected chi connectivity index (χ0v) is 13.3. The second kappa shape index (κ2) is 7.50. The van der Waals surface area contributed by atoms with E-state index in [4.69, 9.17) is 15.2 Å². The molecule has 0 saturated heterocycles. The van der Waals surface area contributed by atoms with Gasteiger partial charge in [-0.2, -0.15) is 4.98 Å². The minimum atomic E-state index is 0.396. The molecule has 1 atom stereocenters. The summed E-state index contributed by atoms with van der Waals surface area (Å²) in [5.74, 6) is 2.15. The number of anilines is 2. The van der Waals surface area contributed by atoms with E-state index in [0.717, 1.165) is 25.4 Å². The van der Waals surface area contributed by atoms with Gasteiger partial charge in [0.25, 0.3) is 0 Å². The molecule has 0 amide bonds. The smallest absolute Gasteiger partial charge is 0.239 e. The van der Waals surface area contributed by atoms with Gasteiger partial charge in [-0.05, 0) is 44.2 Å². The summed E-state index contributed by atoms with van der Waals surface area (Å²) in [7, 11) is 1.72. The monoisotopic (exact) mass is 293 g/mol. The Morgan fingerprint density at radius 3 is 2.81 bits per heavy atom. The van der Waals surface area contributed by atoms with E-state index in [1.807, 2.05) is 12.1 Å². The first kappa shape index (κ1) is 15.9. The fourth-order valence-corrected chi connectivity index (χ4v) is 2.17. The Balaban J connectivity index is 2.11. The number of nitrogens with two attached hydrogens (primary N) is 1. The van der Waals surface area contributed by atoms with Crippen LogP contribution in [0, 0.1) is 5.92 Å². The molecule has 1 unspecified atom stereocenters. The van der Waals surface area contributed by atoms with E-state index in [1.54, 1.807) is 7.11 Å². The highest BCUT2D eigenvalue weighted by Gasteiger charge is 2.23. The molecule has 1 aliphatic rings. The average Bonchev–Trinajstić information content (AvgIpc) is 3.31. The maximum absolute atomic E-state index is 5.97. The van der Waals surface area contributed by atoms with Crippen molar-refractivity contribution >= 4 is 11.5 Å². The van der Waals surface area contributed by atoms with Crippen molar-refractivity contribution in [2.75, 3.05) is 37.5 Å². The van der Waals surface area contributed by atoms with Gasteiger partial charge in [-0.3, -0.25) is 0 Å². The van der Waals surface area contributed by atoms with Gasteiger partial charge in [-0.1, -0.05) is 6.92 Å². The highest BCUT2D eigenvalue weighted by Crippen LogP contribution is 2.31. The zero-order chi connectivity index (χ0) is 15.2. The number of nitrogens with zero attached hydrogens (tertiary/aromatic N) is 2. The van der Waals surface area contributed by atoms with Gasteiger partial charge in [-0.15, -0.1) is 0 Å². The van der Waals surface area contributed by atoms with Crippen LogP contribution in [0.15, 0.2) is 12.1 Å². The first-order valence-electron chi connectivity index (χ1n) is 7.80. The fourth-order valence-electron chi connectivity index (χ4n) is 2.17. The summed E-state index contributed by atoms with van der Waals surface area (Å²) in [4.78, 5) is 6.86. The highest BCUT2D eigenvalue weighted by atomic mass is 16.5. The van der Waals surface area contributed by atoms with E-state index in [-0.39, 0.29) is 0 Å². The second-order valence-electron chi connectivity index (χ2n) is 5.76. The third-order valence-corrected chi connectivity index (χ3v) is 3.98. The number of hydrogen-bond donors (Lipinski definition) is 1.